The van der Waals surface area contributed by atoms with Crippen LogP contribution in [0.2, 0.25) is 0 Å². The lowest BCUT2D eigenvalue weighted by molar-refractivity contribution is 0.0962. The number of carbonyl (C=O) groups excluding carboxylic acids is 1. The first-order chi connectivity index (χ1) is 13.1. The summed E-state index contributed by atoms with van der Waals surface area (Å²) in [4.78, 5) is 13.1. The Morgan fingerprint density at radius 3 is 2.04 bits per heavy atom. The van der Waals surface area contributed by atoms with E-state index in [2.05, 4.69) is 43.8 Å². The number of allylic oxidation sites excluding steroid dienone is 1. The number of benzene rings is 3. The van der Waals surface area contributed by atoms with Crippen LogP contribution in [-0.4, -0.2) is 10.5 Å². The summed E-state index contributed by atoms with van der Waals surface area (Å²) >= 11 is 0. The Bertz CT molecular complexity index is 1150. The van der Waals surface area contributed by atoms with Crippen molar-refractivity contribution in [3.05, 3.63) is 96.6 Å². The lowest BCUT2D eigenvalue weighted by atomic mass is 9.97. The zero-order valence-corrected chi connectivity index (χ0v) is 15.6. The first-order valence-corrected chi connectivity index (χ1v) is 9.04. The van der Waals surface area contributed by atoms with Gasteiger partial charge in [-0.2, -0.15) is 0 Å². The summed E-state index contributed by atoms with van der Waals surface area (Å²) in [6.45, 7) is 7.74. The maximum atomic E-state index is 13.1. The summed E-state index contributed by atoms with van der Waals surface area (Å²) in [5.41, 5.74) is 6.69. The van der Waals surface area contributed by atoms with E-state index in [-0.39, 0.29) is 5.91 Å². The highest BCUT2D eigenvalue weighted by Crippen LogP contribution is 2.41. The molecule has 132 valence electrons. The third-order valence-electron chi connectivity index (χ3n) is 4.80. The minimum Gasteiger partial charge on any atom is -0.275 e. The van der Waals surface area contributed by atoms with Gasteiger partial charge in [-0.3, -0.25) is 9.36 Å². The van der Waals surface area contributed by atoms with Crippen LogP contribution < -0.4 is 0 Å². The first-order valence-electron chi connectivity index (χ1n) is 9.04. The molecule has 0 saturated heterocycles. The third kappa shape index (κ3) is 2.89. The van der Waals surface area contributed by atoms with Gasteiger partial charge < -0.3 is 0 Å². The maximum Gasteiger partial charge on any atom is 0.257 e. The molecule has 2 heteroatoms. The normalized spacial score (nSPS) is 10.9. The monoisotopic (exact) mass is 351 g/mol. The van der Waals surface area contributed by atoms with Crippen LogP contribution in [0.3, 0.4) is 0 Å². The molecule has 0 radical (unpaired) electrons. The molecule has 0 spiro atoms. The average Bonchev–Trinajstić information content (AvgIpc) is 3.02. The van der Waals surface area contributed by atoms with Crippen LogP contribution in [0.1, 0.15) is 17.3 Å². The Hall–Kier alpha value is -3.39. The number of hydrogen-bond donors (Lipinski definition) is 0. The van der Waals surface area contributed by atoms with Gasteiger partial charge in [-0.25, -0.2) is 0 Å². The van der Waals surface area contributed by atoms with E-state index in [1.54, 1.807) is 6.92 Å². The van der Waals surface area contributed by atoms with Gasteiger partial charge in [0.05, 0.1) is 11.2 Å². The smallest absolute Gasteiger partial charge is 0.257 e. The van der Waals surface area contributed by atoms with E-state index >= 15 is 0 Å². The molecule has 0 bridgehead atoms. The largest absolute Gasteiger partial charge is 0.275 e. The van der Waals surface area contributed by atoms with Gasteiger partial charge in [-0.05, 0) is 37.1 Å². The van der Waals surface area contributed by atoms with Crippen molar-refractivity contribution < 1.29 is 4.79 Å². The van der Waals surface area contributed by atoms with Crippen LogP contribution in [0, 0.1) is 6.92 Å². The van der Waals surface area contributed by atoms with E-state index in [0.717, 1.165) is 33.3 Å². The van der Waals surface area contributed by atoms with Gasteiger partial charge in [0, 0.05) is 16.5 Å². The molecular formula is C25H21NO. The topological polar surface area (TPSA) is 22.0 Å². The van der Waals surface area contributed by atoms with E-state index in [4.69, 9.17) is 0 Å². The number of nitrogens with zero attached hydrogens (tertiary/aromatic N) is 1. The van der Waals surface area contributed by atoms with Crippen molar-refractivity contribution in [2.75, 3.05) is 0 Å². The molecule has 0 N–H and O–H groups in total. The van der Waals surface area contributed by atoms with E-state index in [1.807, 2.05) is 53.1 Å². The zero-order valence-electron chi connectivity index (χ0n) is 15.6. The van der Waals surface area contributed by atoms with Gasteiger partial charge in [-0.1, -0.05) is 78.9 Å². The molecule has 3 aromatic carbocycles. The second-order valence-electron chi connectivity index (χ2n) is 6.90. The highest BCUT2D eigenvalue weighted by Gasteiger charge is 2.23. The molecule has 1 aromatic heterocycles. The molecule has 4 aromatic rings. The average molecular weight is 351 g/mol. The Balaban J connectivity index is 2.21. The fourth-order valence-corrected chi connectivity index (χ4v) is 3.57. The van der Waals surface area contributed by atoms with Crippen molar-refractivity contribution in [1.82, 2.24) is 4.57 Å². The number of fused-ring (bicyclic) bond motifs is 1. The molecule has 2 nitrogen and oxygen atoms in total. The van der Waals surface area contributed by atoms with Gasteiger partial charge in [-0.15, -0.1) is 0 Å². The molecule has 0 aliphatic heterocycles. The molecule has 0 fully saturated rings. The fraction of sp³-hybridized carbons (Fsp3) is 0.0800. The first kappa shape index (κ1) is 17.0. The van der Waals surface area contributed by atoms with Crippen molar-refractivity contribution in [1.29, 1.82) is 0 Å². The highest BCUT2D eigenvalue weighted by atomic mass is 16.2. The van der Waals surface area contributed by atoms with Crippen molar-refractivity contribution in [2.24, 2.45) is 0 Å². The fourth-order valence-electron chi connectivity index (χ4n) is 3.57. The maximum absolute atomic E-state index is 13.1. The lowest BCUT2D eigenvalue weighted by Gasteiger charge is -2.12. The van der Waals surface area contributed by atoms with Gasteiger partial charge >= 0.3 is 0 Å². The van der Waals surface area contributed by atoms with Crippen LogP contribution in [0.15, 0.2) is 91.0 Å². The van der Waals surface area contributed by atoms with Gasteiger partial charge in [0.15, 0.2) is 0 Å². The highest BCUT2D eigenvalue weighted by molar-refractivity contribution is 6.13. The number of aromatic nitrogens is 1. The Kier molecular flexibility index (Phi) is 4.25. The predicted molar refractivity (Wildman–Crippen MR) is 113 cm³/mol. The number of aryl methyl sites for hydroxylation is 1. The molecule has 0 saturated carbocycles. The van der Waals surface area contributed by atoms with Crippen molar-refractivity contribution in [3.63, 3.8) is 0 Å². The second-order valence-corrected chi connectivity index (χ2v) is 6.90. The predicted octanol–water partition coefficient (Wildman–Crippen LogP) is 6.50. The summed E-state index contributed by atoms with van der Waals surface area (Å²) in [5.74, 6) is -0.0788. The molecule has 1 heterocycles. The van der Waals surface area contributed by atoms with Gasteiger partial charge in [0.25, 0.3) is 5.91 Å². The Morgan fingerprint density at radius 2 is 1.44 bits per heavy atom. The minimum atomic E-state index is -0.0788. The van der Waals surface area contributed by atoms with Crippen molar-refractivity contribution in [3.8, 4) is 22.4 Å². The Labute approximate surface area is 159 Å². The number of hydrogen-bond acceptors (Lipinski definition) is 1. The molecule has 27 heavy (non-hydrogen) atoms. The van der Waals surface area contributed by atoms with Crippen LogP contribution in [0.25, 0.3) is 33.3 Å². The number of carbonyl (C=O) groups is 1. The lowest BCUT2D eigenvalue weighted by Crippen LogP contribution is -2.12. The second kappa shape index (κ2) is 6.73. The molecule has 0 aliphatic rings. The summed E-state index contributed by atoms with van der Waals surface area (Å²) in [6, 6.07) is 26.6. The molecule has 0 aliphatic carbocycles. The molecule has 0 atom stereocenters. The summed E-state index contributed by atoms with van der Waals surface area (Å²) < 4.78 is 1.81. The SMILES string of the molecule is C=C(C)C(=O)n1c(-c2ccccc2)c(-c2ccccc2)c2cc(C)ccc21. The van der Waals surface area contributed by atoms with Crippen molar-refractivity contribution in [2.45, 2.75) is 13.8 Å². The van der Waals surface area contributed by atoms with E-state index in [0.29, 0.717) is 5.57 Å². The zero-order chi connectivity index (χ0) is 19.0. The standard InChI is InChI=1S/C25H21NO/c1-17(2)25(27)26-22-15-14-18(3)16-21(22)23(19-10-6-4-7-11-19)24(26)20-12-8-5-9-13-20/h4-16H,1H2,2-3H3. The Morgan fingerprint density at radius 1 is 0.852 bits per heavy atom. The summed E-state index contributed by atoms with van der Waals surface area (Å²) in [6.07, 6.45) is 0. The van der Waals surface area contributed by atoms with E-state index in [9.17, 15) is 4.79 Å². The number of rotatable bonds is 3. The summed E-state index contributed by atoms with van der Waals surface area (Å²) in [5, 5.41) is 1.08. The molecule has 0 unspecified atom stereocenters. The van der Waals surface area contributed by atoms with Gasteiger partial charge in [0.1, 0.15) is 0 Å². The quantitative estimate of drug-likeness (QED) is 0.386. The van der Waals surface area contributed by atoms with E-state index < -0.39 is 0 Å². The molecule has 0 amide bonds. The van der Waals surface area contributed by atoms with E-state index in [1.165, 1.54) is 5.56 Å². The van der Waals surface area contributed by atoms with Crippen LogP contribution in [0.4, 0.5) is 0 Å². The van der Waals surface area contributed by atoms with Crippen LogP contribution in [-0.2, 0) is 0 Å². The molecule has 4 rings (SSSR count). The van der Waals surface area contributed by atoms with Crippen molar-refractivity contribution >= 4 is 16.8 Å². The van der Waals surface area contributed by atoms with Crippen LogP contribution >= 0.6 is 0 Å². The molecular weight excluding hydrogens is 330 g/mol. The third-order valence-corrected chi connectivity index (χ3v) is 4.80. The summed E-state index contributed by atoms with van der Waals surface area (Å²) in [7, 11) is 0. The van der Waals surface area contributed by atoms with Gasteiger partial charge in [0.2, 0.25) is 0 Å². The van der Waals surface area contributed by atoms with Crippen LogP contribution in [0.5, 0.6) is 0 Å². The minimum absolute atomic E-state index is 0.0788.